The highest BCUT2D eigenvalue weighted by Crippen LogP contribution is 2.20. The van der Waals surface area contributed by atoms with Crippen molar-refractivity contribution in [2.75, 3.05) is 18.0 Å². The van der Waals surface area contributed by atoms with Crippen molar-refractivity contribution in [3.63, 3.8) is 0 Å². The highest BCUT2D eigenvalue weighted by atomic mass is 19.1. The number of hydrogen-bond donors (Lipinski definition) is 0. The van der Waals surface area contributed by atoms with Crippen LogP contribution in [0.1, 0.15) is 24.2 Å². The maximum absolute atomic E-state index is 13.7. The van der Waals surface area contributed by atoms with Crippen LogP contribution in [-0.2, 0) is 0 Å². The number of nitrogens with zero attached hydrogens (tertiary/aromatic N) is 1. The molecular formula is C13H16FNO. The first kappa shape index (κ1) is 12.4. The summed E-state index contributed by atoms with van der Waals surface area (Å²) in [6, 6.07) is 4.50. The molecule has 1 rings (SSSR count). The number of aldehydes is 1. The molecule has 0 heterocycles. The smallest absolute Gasteiger partial charge is 0.150 e. The average molecular weight is 221 g/mol. The zero-order valence-electron chi connectivity index (χ0n) is 9.66. The lowest BCUT2D eigenvalue weighted by Gasteiger charge is -2.23. The van der Waals surface area contributed by atoms with Crippen molar-refractivity contribution in [2.45, 2.75) is 13.8 Å². The molecule has 1 aromatic carbocycles. The van der Waals surface area contributed by atoms with Crippen LogP contribution in [0.15, 0.2) is 30.4 Å². The Morgan fingerprint density at radius 1 is 1.56 bits per heavy atom. The zero-order valence-corrected chi connectivity index (χ0v) is 9.66. The molecule has 3 heteroatoms. The largest absolute Gasteiger partial charge is 0.365 e. The highest BCUT2D eigenvalue weighted by Gasteiger charge is 2.10. The second-order valence-electron chi connectivity index (χ2n) is 3.80. The summed E-state index contributed by atoms with van der Waals surface area (Å²) in [5.74, 6) is -0.368. The molecule has 2 nitrogen and oxygen atoms in total. The topological polar surface area (TPSA) is 20.3 Å². The van der Waals surface area contributed by atoms with Gasteiger partial charge in [-0.1, -0.05) is 12.2 Å². The van der Waals surface area contributed by atoms with Crippen molar-refractivity contribution in [3.8, 4) is 0 Å². The molecule has 0 radical (unpaired) electrons. The summed E-state index contributed by atoms with van der Waals surface area (Å²) in [6.45, 7) is 8.99. The van der Waals surface area contributed by atoms with Gasteiger partial charge in [-0.15, -0.1) is 0 Å². The molecule has 0 aliphatic heterocycles. The van der Waals surface area contributed by atoms with Crippen molar-refractivity contribution in [1.82, 2.24) is 0 Å². The molecule has 0 saturated carbocycles. The van der Waals surface area contributed by atoms with Gasteiger partial charge in [0, 0.05) is 18.7 Å². The van der Waals surface area contributed by atoms with Crippen LogP contribution in [-0.4, -0.2) is 19.4 Å². The molecule has 0 saturated heterocycles. The Labute approximate surface area is 95.4 Å². The minimum atomic E-state index is -0.368. The molecule has 0 amide bonds. The van der Waals surface area contributed by atoms with E-state index in [9.17, 15) is 9.18 Å². The summed E-state index contributed by atoms with van der Waals surface area (Å²) in [4.78, 5) is 12.4. The molecule has 16 heavy (non-hydrogen) atoms. The summed E-state index contributed by atoms with van der Waals surface area (Å²) >= 11 is 0. The summed E-state index contributed by atoms with van der Waals surface area (Å²) in [6.07, 6.45) is 0.641. The lowest BCUT2D eigenvalue weighted by molar-refractivity contribution is 0.112. The fourth-order valence-corrected chi connectivity index (χ4v) is 1.55. The van der Waals surface area contributed by atoms with E-state index in [4.69, 9.17) is 0 Å². The number of rotatable bonds is 5. The normalized spacial score (nSPS) is 9.94. The van der Waals surface area contributed by atoms with Crippen LogP contribution >= 0.6 is 0 Å². The van der Waals surface area contributed by atoms with Crippen molar-refractivity contribution in [1.29, 1.82) is 0 Å². The number of halogens is 1. The Hall–Kier alpha value is -1.64. The fourth-order valence-electron chi connectivity index (χ4n) is 1.55. The zero-order chi connectivity index (χ0) is 12.1. The van der Waals surface area contributed by atoms with E-state index >= 15 is 0 Å². The van der Waals surface area contributed by atoms with Crippen LogP contribution in [0.2, 0.25) is 0 Å². The van der Waals surface area contributed by atoms with Gasteiger partial charge in [-0.05, 0) is 32.0 Å². The van der Waals surface area contributed by atoms with E-state index < -0.39 is 0 Å². The minimum absolute atomic E-state index is 0.354. The van der Waals surface area contributed by atoms with Gasteiger partial charge in [0.25, 0.3) is 0 Å². The molecule has 0 spiro atoms. The maximum atomic E-state index is 13.7. The molecular weight excluding hydrogens is 205 g/mol. The lowest BCUT2D eigenvalue weighted by Crippen LogP contribution is -2.25. The monoisotopic (exact) mass is 221 g/mol. The van der Waals surface area contributed by atoms with Crippen LogP contribution in [0, 0.1) is 5.82 Å². The molecule has 0 N–H and O–H groups in total. The molecule has 1 aromatic rings. The maximum Gasteiger partial charge on any atom is 0.150 e. The van der Waals surface area contributed by atoms with E-state index in [1.165, 1.54) is 6.07 Å². The third-order valence-corrected chi connectivity index (χ3v) is 2.29. The summed E-state index contributed by atoms with van der Waals surface area (Å²) in [5.41, 5.74) is 1.84. The van der Waals surface area contributed by atoms with Crippen LogP contribution in [0.5, 0.6) is 0 Å². The molecule has 0 bridgehead atoms. The Morgan fingerprint density at radius 2 is 2.25 bits per heavy atom. The van der Waals surface area contributed by atoms with Gasteiger partial charge in [-0.3, -0.25) is 4.79 Å². The third-order valence-electron chi connectivity index (χ3n) is 2.29. The van der Waals surface area contributed by atoms with E-state index in [-0.39, 0.29) is 5.82 Å². The Kier molecular flexibility index (Phi) is 4.23. The molecule has 0 atom stereocenters. The second kappa shape index (κ2) is 5.45. The molecule has 0 unspecified atom stereocenters. The summed E-state index contributed by atoms with van der Waals surface area (Å²) < 4.78 is 13.7. The van der Waals surface area contributed by atoms with Gasteiger partial charge in [0.05, 0.1) is 5.69 Å². The number of carbonyl (C=O) groups excluding carboxylic acids is 1. The summed E-state index contributed by atoms with van der Waals surface area (Å²) in [5, 5.41) is 0. The van der Waals surface area contributed by atoms with Gasteiger partial charge in [-0.25, -0.2) is 4.39 Å². The Morgan fingerprint density at radius 3 is 2.69 bits per heavy atom. The lowest BCUT2D eigenvalue weighted by atomic mass is 10.2. The van der Waals surface area contributed by atoms with Gasteiger partial charge in [0.1, 0.15) is 12.1 Å². The van der Waals surface area contributed by atoms with Gasteiger partial charge in [-0.2, -0.15) is 0 Å². The van der Waals surface area contributed by atoms with Gasteiger partial charge in [0.2, 0.25) is 0 Å². The fraction of sp³-hybridized carbons (Fsp3) is 0.308. The van der Waals surface area contributed by atoms with Crippen LogP contribution in [0.4, 0.5) is 10.1 Å². The minimum Gasteiger partial charge on any atom is -0.365 e. The quantitative estimate of drug-likeness (QED) is 0.562. The van der Waals surface area contributed by atoms with E-state index in [0.29, 0.717) is 30.6 Å². The Bertz CT molecular complexity index is 401. The first-order valence-electron chi connectivity index (χ1n) is 5.22. The predicted octanol–water partition coefficient (Wildman–Crippen LogP) is 3.04. The number of likely N-dealkylation sites (N-methyl/N-ethyl adjacent to an activating group) is 1. The number of hydrogen-bond acceptors (Lipinski definition) is 2. The number of benzene rings is 1. The third kappa shape index (κ3) is 2.92. The number of carbonyl (C=O) groups is 1. The Balaban J connectivity index is 3.01. The van der Waals surface area contributed by atoms with Gasteiger partial charge in [0.15, 0.2) is 0 Å². The van der Waals surface area contributed by atoms with E-state index in [1.54, 1.807) is 12.1 Å². The molecule has 0 aromatic heterocycles. The second-order valence-corrected chi connectivity index (χ2v) is 3.80. The van der Waals surface area contributed by atoms with Crippen LogP contribution in [0.25, 0.3) is 0 Å². The average Bonchev–Trinajstić information content (AvgIpc) is 2.25. The van der Waals surface area contributed by atoms with Crippen molar-refractivity contribution < 1.29 is 9.18 Å². The van der Waals surface area contributed by atoms with Crippen LogP contribution in [0.3, 0.4) is 0 Å². The standard InChI is InChI=1S/C13H16FNO/c1-4-15(8-10(2)3)13-6-5-11(9-16)7-12(13)14/h5-7,9H,2,4,8H2,1,3H3. The van der Waals surface area contributed by atoms with E-state index in [1.807, 2.05) is 18.7 Å². The first-order valence-corrected chi connectivity index (χ1v) is 5.22. The number of anilines is 1. The van der Waals surface area contributed by atoms with Crippen molar-refractivity contribution in [2.24, 2.45) is 0 Å². The van der Waals surface area contributed by atoms with Gasteiger partial charge >= 0.3 is 0 Å². The SMILES string of the molecule is C=C(C)CN(CC)c1ccc(C=O)cc1F. The first-order chi connectivity index (χ1) is 7.58. The molecule has 0 fully saturated rings. The van der Waals surface area contributed by atoms with E-state index in [2.05, 4.69) is 6.58 Å². The summed E-state index contributed by atoms with van der Waals surface area (Å²) in [7, 11) is 0. The predicted molar refractivity (Wildman–Crippen MR) is 64.5 cm³/mol. The molecule has 0 aliphatic carbocycles. The molecule has 86 valence electrons. The van der Waals surface area contributed by atoms with Crippen molar-refractivity contribution in [3.05, 3.63) is 41.7 Å². The van der Waals surface area contributed by atoms with Crippen molar-refractivity contribution >= 4 is 12.0 Å². The van der Waals surface area contributed by atoms with Gasteiger partial charge < -0.3 is 4.90 Å². The molecule has 0 aliphatic rings. The highest BCUT2D eigenvalue weighted by molar-refractivity contribution is 5.76. The van der Waals surface area contributed by atoms with Crippen LogP contribution < -0.4 is 4.90 Å². The van der Waals surface area contributed by atoms with E-state index in [0.717, 1.165) is 5.57 Å².